The zero-order valence-electron chi connectivity index (χ0n) is 12.5. The van der Waals surface area contributed by atoms with Gasteiger partial charge >= 0.3 is 0 Å². The number of carbonyl (C=O) groups is 1. The lowest BCUT2D eigenvalue weighted by atomic mass is 9.80. The average Bonchev–Trinajstić information content (AvgIpc) is 2.34. The van der Waals surface area contributed by atoms with Crippen molar-refractivity contribution in [3.8, 4) is 0 Å². The zero-order valence-corrected chi connectivity index (χ0v) is 13.3. The van der Waals surface area contributed by atoms with Crippen LogP contribution in [0.25, 0.3) is 0 Å². The van der Waals surface area contributed by atoms with Crippen LogP contribution in [-0.2, 0) is 4.79 Å². The second kappa shape index (κ2) is 6.66. The van der Waals surface area contributed by atoms with Gasteiger partial charge < -0.3 is 16.0 Å². The molecule has 0 spiro atoms. The predicted octanol–water partition coefficient (Wildman–Crippen LogP) is 1.54. The molecule has 1 rings (SSSR count). The first-order chi connectivity index (χ1) is 8.87. The van der Waals surface area contributed by atoms with Crippen LogP contribution in [0.2, 0.25) is 0 Å². The Morgan fingerprint density at radius 1 is 1.47 bits per heavy atom. The number of hydrogen-bond donors (Lipinski definition) is 2. The van der Waals surface area contributed by atoms with E-state index in [2.05, 4.69) is 24.2 Å². The molecule has 19 heavy (non-hydrogen) atoms. The molecule has 0 aromatic rings. The highest BCUT2D eigenvalue weighted by atomic mass is 32.1. The molecule has 5 heteroatoms. The second-order valence-corrected chi connectivity index (χ2v) is 6.20. The summed E-state index contributed by atoms with van der Waals surface area (Å²) in [5.41, 5.74) is 5.14. The first-order valence-electron chi connectivity index (χ1n) is 7.16. The minimum absolute atomic E-state index is 0.00593. The van der Waals surface area contributed by atoms with Crippen LogP contribution in [0.5, 0.6) is 0 Å². The number of nitrogens with one attached hydrogen (secondary N) is 1. The Labute approximate surface area is 122 Å². The van der Waals surface area contributed by atoms with Crippen LogP contribution >= 0.6 is 12.2 Å². The van der Waals surface area contributed by atoms with Gasteiger partial charge in [-0.25, -0.2) is 0 Å². The highest BCUT2D eigenvalue weighted by molar-refractivity contribution is 7.80. The Hall–Kier alpha value is -0.680. The van der Waals surface area contributed by atoms with E-state index in [1.165, 1.54) is 0 Å². The Kier molecular flexibility index (Phi) is 5.74. The minimum atomic E-state index is -0.682. The first kappa shape index (κ1) is 16.4. The minimum Gasteiger partial charge on any atom is -0.392 e. The van der Waals surface area contributed by atoms with E-state index in [0.29, 0.717) is 23.7 Å². The molecule has 0 radical (unpaired) electrons. The van der Waals surface area contributed by atoms with Crippen molar-refractivity contribution in [3.63, 3.8) is 0 Å². The SMILES string of the molecule is CCC(CC)(C(=O)NC1CCN(C)CC1C)C(N)=S. The summed E-state index contributed by atoms with van der Waals surface area (Å²) in [5.74, 6) is 0.465. The Balaban J connectivity index is 2.75. The van der Waals surface area contributed by atoms with Crippen molar-refractivity contribution in [3.05, 3.63) is 0 Å². The first-order valence-corrected chi connectivity index (χ1v) is 7.57. The van der Waals surface area contributed by atoms with Crippen LogP contribution in [0, 0.1) is 11.3 Å². The highest BCUT2D eigenvalue weighted by Crippen LogP contribution is 2.28. The molecule has 0 bridgehead atoms. The van der Waals surface area contributed by atoms with E-state index < -0.39 is 5.41 Å². The van der Waals surface area contributed by atoms with E-state index in [-0.39, 0.29) is 11.9 Å². The van der Waals surface area contributed by atoms with E-state index in [1.54, 1.807) is 0 Å². The van der Waals surface area contributed by atoms with Crippen LogP contribution in [-0.4, -0.2) is 42.0 Å². The predicted molar refractivity (Wildman–Crippen MR) is 83.0 cm³/mol. The third kappa shape index (κ3) is 3.45. The highest BCUT2D eigenvalue weighted by Gasteiger charge is 2.39. The lowest BCUT2D eigenvalue weighted by Crippen LogP contribution is -2.55. The lowest BCUT2D eigenvalue weighted by molar-refractivity contribution is -0.129. The van der Waals surface area contributed by atoms with Crippen molar-refractivity contribution in [2.75, 3.05) is 20.1 Å². The molecule has 2 atom stereocenters. The number of hydrogen-bond acceptors (Lipinski definition) is 3. The van der Waals surface area contributed by atoms with Crippen molar-refractivity contribution in [2.45, 2.75) is 46.1 Å². The summed E-state index contributed by atoms with van der Waals surface area (Å²) in [4.78, 5) is 15.2. The smallest absolute Gasteiger partial charge is 0.233 e. The average molecular weight is 285 g/mol. The Morgan fingerprint density at radius 3 is 2.47 bits per heavy atom. The van der Waals surface area contributed by atoms with E-state index in [4.69, 9.17) is 18.0 Å². The number of likely N-dealkylation sites (tertiary alicyclic amines) is 1. The van der Waals surface area contributed by atoms with Gasteiger partial charge in [0.1, 0.15) is 0 Å². The number of amides is 1. The molecule has 1 aliphatic heterocycles. The van der Waals surface area contributed by atoms with Gasteiger partial charge in [0.05, 0.1) is 10.4 Å². The number of carbonyl (C=O) groups excluding carboxylic acids is 1. The Morgan fingerprint density at radius 2 is 2.05 bits per heavy atom. The molecule has 1 aliphatic rings. The summed E-state index contributed by atoms with van der Waals surface area (Å²) in [7, 11) is 2.12. The molecule has 3 N–H and O–H groups in total. The number of rotatable bonds is 5. The van der Waals surface area contributed by atoms with Crippen molar-refractivity contribution >= 4 is 23.1 Å². The summed E-state index contributed by atoms with van der Waals surface area (Å²) in [5, 5.41) is 3.18. The van der Waals surface area contributed by atoms with Crippen molar-refractivity contribution in [1.82, 2.24) is 10.2 Å². The fourth-order valence-corrected chi connectivity index (χ4v) is 3.29. The second-order valence-electron chi connectivity index (χ2n) is 5.76. The molecule has 4 nitrogen and oxygen atoms in total. The standard InChI is InChI=1S/C14H27N3OS/c1-5-14(6-2,12(15)19)13(18)16-11-7-8-17(4)9-10(11)3/h10-11H,5-9H2,1-4H3,(H2,15,19)(H,16,18). The topological polar surface area (TPSA) is 58.4 Å². The summed E-state index contributed by atoms with van der Waals surface area (Å²) < 4.78 is 0. The third-order valence-corrected chi connectivity index (χ3v) is 4.93. The number of thiocarbonyl (C=S) groups is 1. The van der Waals surface area contributed by atoms with Crippen LogP contribution < -0.4 is 11.1 Å². The maximum Gasteiger partial charge on any atom is 0.233 e. The lowest BCUT2D eigenvalue weighted by Gasteiger charge is -2.38. The molecular weight excluding hydrogens is 258 g/mol. The Bertz CT molecular complexity index is 342. The monoisotopic (exact) mass is 285 g/mol. The molecule has 0 aromatic carbocycles. The molecule has 1 saturated heterocycles. The molecule has 1 heterocycles. The maximum atomic E-state index is 12.6. The van der Waals surface area contributed by atoms with Gasteiger partial charge in [-0.15, -0.1) is 0 Å². The molecule has 0 aromatic heterocycles. The van der Waals surface area contributed by atoms with Gasteiger partial charge in [-0.2, -0.15) is 0 Å². The van der Waals surface area contributed by atoms with E-state index in [9.17, 15) is 4.79 Å². The molecule has 0 aliphatic carbocycles. The van der Waals surface area contributed by atoms with Gasteiger partial charge in [0, 0.05) is 12.6 Å². The quantitative estimate of drug-likeness (QED) is 0.752. The van der Waals surface area contributed by atoms with Gasteiger partial charge in [0.25, 0.3) is 0 Å². The zero-order chi connectivity index (χ0) is 14.6. The molecule has 2 unspecified atom stereocenters. The van der Waals surface area contributed by atoms with E-state index in [1.807, 2.05) is 13.8 Å². The van der Waals surface area contributed by atoms with Gasteiger partial charge in [-0.1, -0.05) is 33.0 Å². The maximum absolute atomic E-state index is 12.6. The van der Waals surface area contributed by atoms with Crippen LogP contribution in [0.3, 0.4) is 0 Å². The van der Waals surface area contributed by atoms with E-state index >= 15 is 0 Å². The van der Waals surface area contributed by atoms with Gasteiger partial charge in [0.15, 0.2) is 0 Å². The third-order valence-electron chi connectivity index (χ3n) is 4.54. The molecule has 110 valence electrons. The molecule has 1 fully saturated rings. The van der Waals surface area contributed by atoms with Gasteiger partial charge in [0.2, 0.25) is 5.91 Å². The number of piperidine rings is 1. The normalized spacial score (nSPS) is 25.1. The van der Waals surface area contributed by atoms with Crippen molar-refractivity contribution < 1.29 is 4.79 Å². The molecule has 1 amide bonds. The summed E-state index contributed by atoms with van der Waals surface area (Å²) in [6.45, 7) is 8.17. The fourth-order valence-electron chi connectivity index (χ4n) is 2.91. The molecular formula is C14H27N3OS. The van der Waals surface area contributed by atoms with Crippen LogP contribution in [0.4, 0.5) is 0 Å². The fraction of sp³-hybridized carbons (Fsp3) is 0.857. The molecule has 0 saturated carbocycles. The van der Waals surface area contributed by atoms with Crippen LogP contribution in [0.1, 0.15) is 40.0 Å². The largest absolute Gasteiger partial charge is 0.392 e. The van der Waals surface area contributed by atoms with E-state index in [0.717, 1.165) is 19.5 Å². The van der Waals surface area contributed by atoms with Crippen molar-refractivity contribution in [1.29, 1.82) is 0 Å². The summed E-state index contributed by atoms with van der Waals surface area (Å²) in [6, 6.07) is 0.232. The van der Waals surface area contributed by atoms with Crippen LogP contribution in [0.15, 0.2) is 0 Å². The number of nitrogens with two attached hydrogens (primary N) is 1. The van der Waals surface area contributed by atoms with Gasteiger partial charge in [-0.05, 0) is 38.8 Å². The number of nitrogens with zero attached hydrogens (tertiary/aromatic N) is 1. The summed E-state index contributed by atoms with van der Waals surface area (Å²) >= 11 is 5.13. The van der Waals surface area contributed by atoms with Crippen molar-refractivity contribution in [2.24, 2.45) is 17.1 Å². The van der Waals surface area contributed by atoms with Gasteiger partial charge in [-0.3, -0.25) is 4.79 Å². The summed E-state index contributed by atoms with van der Waals surface area (Å²) in [6.07, 6.45) is 2.31.